The fourth-order valence-corrected chi connectivity index (χ4v) is 3.89. The van der Waals surface area contributed by atoms with Crippen LogP contribution in [0.5, 0.6) is 0 Å². The Labute approximate surface area is 169 Å². The highest BCUT2D eigenvalue weighted by Gasteiger charge is 2.30. The van der Waals surface area contributed by atoms with E-state index in [9.17, 15) is 14.4 Å². The number of carbonyl (C=O) groups is 1. The van der Waals surface area contributed by atoms with Crippen molar-refractivity contribution in [3.05, 3.63) is 61.8 Å². The highest BCUT2D eigenvalue weighted by Crippen LogP contribution is 2.32. The molecule has 156 valence electrons. The molecule has 1 fully saturated rings. The van der Waals surface area contributed by atoms with Gasteiger partial charge in [0.05, 0.1) is 24.3 Å². The Morgan fingerprint density at radius 1 is 1.17 bits per heavy atom. The smallest absolute Gasteiger partial charge is 0.337 e. The summed E-state index contributed by atoms with van der Waals surface area (Å²) in [6.45, 7) is 6.04. The SMILES string of the molecule is COC(=O)c1ccc([C@@H](c2c(N)n(CC(C)C)c(=O)[nH]c2=O)N2CCCC2)cc1. The molecule has 8 nitrogen and oxygen atoms in total. The Morgan fingerprint density at radius 3 is 2.34 bits per heavy atom. The molecule has 0 radical (unpaired) electrons. The predicted molar refractivity (Wildman–Crippen MR) is 111 cm³/mol. The van der Waals surface area contributed by atoms with Crippen LogP contribution in [0.1, 0.15) is 54.2 Å². The lowest BCUT2D eigenvalue weighted by molar-refractivity contribution is 0.0600. The number of likely N-dealkylation sites (tertiary alicyclic amines) is 1. The molecular formula is C21H28N4O4. The number of H-pyrrole nitrogens is 1. The molecule has 1 aromatic heterocycles. The van der Waals surface area contributed by atoms with Gasteiger partial charge in [0.1, 0.15) is 5.82 Å². The largest absolute Gasteiger partial charge is 0.465 e. The van der Waals surface area contributed by atoms with Crippen LogP contribution in [0.3, 0.4) is 0 Å². The summed E-state index contributed by atoms with van der Waals surface area (Å²) in [6, 6.07) is 6.59. The first kappa shape index (κ1) is 20.9. The van der Waals surface area contributed by atoms with Crippen LogP contribution in [0.2, 0.25) is 0 Å². The molecule has 1 atom stereocenters. The summed E-state index contributed by atoms with van der Waals surface area (Å²) in [4.78, 5) is 41.6. The third kappa shape index (κ3) is 4.27. The van der Waals surface area contributed by atoms with Gasteiger partial charge in [0.15, 0.2) is 0 Å². The van der Waals surface area contributed by atoms with Gasteiger partial charge >= 0.3 is 11.7 Å². The second kappa shape index (κ2) is 8.65. The highest BCUT2D eigenvalue weighted by molar-refractivity contribution is 5.89. The number of nitrogens with zero attached hydrogens (tertiary/aromatic N) is 2. The molecular weight excluding hydrogens is 372 g/mol. The summed E-state index contributed by atoms with van der Waals surface area (Å²) in [5, 5.41) is 0. The average molecular weight is 400 g/mol. The van der Waals surface area contributed by atoms with Crippen molar-refractivity contribution in [2.24, 2.45) is 5.92 Å². The molecule has 0 spiro atoms. The van der Waals surface area contributed by atoms with Crippen LogP contribution in [-0.2, 0) is 11.3 Å². The standard InChI is InChI=1S/C21H28N4O4/c1-13(2)12-25-18(22)16(19(26)23-21(25)28)17(24-10-4-5-11-24)14-6-8-15(9-7-14)20(27)29-3/h6-9,13,17H,4-5,10-12,22H2,1-3H3,(H,23,26,28)/t17-/m0/s1. The number of anilines is 1. The summed E-state index contributed by atoms with van der Waals surface area (Å²) < 4.78 is 6.20. The van der Waals surface area contributed by atoms with Crippen LogP contribution < -0.4 is 17.0 Å². The zero-order chi connectivity index (χ0) is 21.1. The van der Waals surface area contributed by atoms with Gasteiger partial charge in [-0.15, -0.1) is 0 Å². The van der Waals surface area contributed by atoms with Crippen molar-refractivity contribution in [3.63, 3.8) is 0 Å². The number of nitrogen functional groups attached to an aromatic ring is 1. The maximum absolute atomic E-state index is 12.8. The van der Waals surface area contributed by atoms with Crippen LogP contribution >= 0.6 is 0 Å². The monoisotopic (exact) mass is 400 g/mol. The number of hydrogen-bond acceptors (Lipinski definition) is 6. The van der Waals surface area contributed by atoms with Crippen molar-refractivity contribution in [1.82, 2.24) is 14.5 Å². The summed E-state index contributed by atoms with van der Waals surface area (Å²) >= 11 is 0. The van der Waals surface area contributed by atoms with E-state index in [1.807, 2.05) is 26.0 Å². The molecule has 0 aliphatic carbocycles. The normalized spacial score (nSPS) is 15.6. The lowest BCUT2D eigenvalue weighted by Gasteiger charge is -2.29. The first-order chi connectivity index (χ1) is 13.8. The summed E-state index contributed by atoms with van der Waals surface area (Å²) in [5.41, 5.74) is 7.06. The van der Waals surface area contributed by atoms with E-state index < -0.39 is 23.3 Å². The number of aromatic nitrogens is 2. The van der Waals surface area contributed by atoms with Gasteiger partial charge in [-0.05, 0) is 49.5 Å². The number of nitrogens with two attached hydrogens (primary N) is 1. The van der Waals surface area contributed by atoms with E-state index in [4.69, 9.17) is 10.5 Å². The summed E-state index contributed by atoms with van der Waals surface area (Å²) in [7, 11) is 1.33. The molecule has 1 aromatic carbocycles. The van der Waals surface area contributed by atoms with Gasteiger partial charge < -0.3 is 10.5 Å². The topological polar surface area (TPSA) is 110 Å². The van der Waals surface area contributed by atoms with Crippen molar-refractivity contribution in [2.45, 2.75) is 39.3 Å². The minimum absolute atomic E-state index is 0.193. The second-order valence-electron chi connectivity index (χ2n) is 7.82. The number of nitrogens with one attached hydrogen (secondary N) is 1. The molecule has 1 saturated heterocycles. The fraction of sp³-hybridized carbons (Fsp3) is 0.476. The number of esters is 1. The van der Waals surface area contributed by atoms with Crippen LogP contribution in [0.4, 0.5) is 5.82 Å². The Balaban J connectivity index is 2.14. The summed E-state index contributed by atoms with van der Waals surface area (Å²) in [6.07, 6.45) is 2.06. The lowest BCUT2D eigenvalue weighted by atomic mass is 9.97. The van der Waals surface area contributed by atoms with Crippen molar-refractivity contribution in [2.75, 3.05) is 25.9 Å². The first-order valence-corrected chi connectivity index (χ1v) is 9.88. The van der Waals surface area contributed by atoms with E-state index in [0.29, 0.717) is 17.7 Å². The van der Waals surface area contributed by atoms with E-state index in [0.717, 1.165) is 31.5 Å². The third-order valence-electron chi connectivity index (χ3n) is 5.25. The molecule has 2 aromatic rings. The van der Waals surface area contributed by atoms with Crippen molar-refractivity contribution in [3.8, 4) is 0 Å². The number of benzene rings is 1. The number of aromatic amines is 1. The molecule has 3 rings (SSSR count). The fourth-order valence-electron chi connectivity index (χ4n) is 3.89. The van der Waals surface area contributed by atoms with Gasteiger partial charge in [0.2, 0.25) is 0 Å². The summed E-state index contributed by atoms with van der Waals surface area (Å²) in [5.74, 6) is -0.0307. The maximum Gasteiger partial charge on any atom is 0.337 e. The van der Waals surface area contributed by atoms with Gasteiger partial charge in [-0.1, -0.05) is 26.0 Å². The van der Waals surface area contributed by atoms with Crippen molar-refractivity contribution >= 4 is 11.8 Å². The van der Waals surface area contributed by atoms with Gasteiger partial charge in [0.25, 0.3) is 5.56 Å². The molecule has 2 heterocycles. The lowest BCUT2D eigenvalue weighted by Crippen LogP contribution is -2.40. The molecule has 0 unspecified atom stereocenters. The minimum atomic E-state index is -0.494. The predicted octanol–water partition coefficient (Wildman–Crippen LogP) is 1.75. The molecule has 1 aliphatic rings. The number of rotatable bonds is 6. The van der Waals surface area contributed by atoms with E-state index in [2.05, 4.69) is 9.88 Å². The second-order valence-corrected chi connectivity index (χ2v) is 7.82. The zero-order valence-corrected chi connectivity index (χ0v) is 17.1. The van der Waals surface area contributed by atoms with Crippen LogP contribution in [0, 0.1) is 5.92 Å². The van der Waals surface area contributed by atoms with Gasteiger partial charge in [-0.3, -0.25) is 19.2 Å². The Morgan fingerprint density at radius 2 is 1.79 bits per heavy atom. The molecule has 0 amide bonds. The number of ether oxygens (including phenoxy) is 1. The van der Waals surface area contributed by atoms with Gasteiger partial charge in [0, 0.05) is 6.54 Å². The Hall–Kier alpha value is -2.87. The van der Waals surface area contributed by atoms with Crippen LogP contribution in [0.25, 0.3) is 0 Å². The van der Waals surface area contributed by atoms with Crippen molar-refractivity contribution < 1.29 is 9.53 Å². The maximum atomic E-state index is 12.8. The Kier molecular flexibility index (Phi) is 6.22. The van der Waals surface area contributed by atoms with E-state index >= 15 is 0 Å². The van der Waals surface area contributed by atoms with Crippen molar-refractivity contribution in [1.29, 1.82) is 0 Å². The quantitative estimate of drug-likeness (QED) is 0.715. The molecule has 0 saturated carbocycles. The van der Waals surface area contributed by atoms with E-state index in [1.165, 1.54) is 11.7 Å². The van der Waals surface area contributed by atoms with Gasteiger partial charge in [-0.25, -0.2) is 9.59 Å². The van der Waals surface area contributed by atoms with Gasteiger partial charge in [-0.2, -0.15) is 0 Å². The van der Waals surface area contributed by atoms with E-state index in [-0.39, 0.29) is 11.7 Å². The van der Waals surface area contributed by atoms with Crippen LogP contribution in [-0.4, -0.2) is 40.6 Å². The first-order valence-electron chi connectivity index (χ1n) is 9.88. The average Bonchev–Trinajstić information content (AvgIpc) is 3.22. The molecule has 1 aliphatic heterocycles. The highest BCUT2D eigenvalue weighted by atomic mass is 16.5. The zero-order valence-electron chi connectivity index (χ0n) is 17.1. The molecule has 29 heavy (non-hydrogen) atoms. The minimum Gasteiger partial charge on any atom is -0.465 e. The number of carbonyl (C=O) groups excluding carboxylic acids is 1. The third-order valence-corrected chi connectivity index (χ3v) is 5.25. The Bertz CT molecular complexity index is 985. The number of hydrogen-bond donors (Lipinski definition) is 2. The van der Waals surface area contributed by atoms with E-state index in [1.54, 1.807) is 12.1 Å². The molecule has 3 N–H and O–H groups in total. The molecule has 0 bridgehead atoms. The van der Waals surface area contributed by atoms with Crippen LogP contribution in [0.15, 0.2) is 33.9 Å². The molecule has 8 heteroatoms. The number of methoxy groups -OCH3 is 1.